The summed E-state index contributed by atoms with van der Waals surface area (Å²) in [6.45, 7) is 1.16. The van der Waals surface area contributed by atoms with Crippen molar-refractivity contribution in [3.05, 3.63) is 12.2 Å². The number of nitrogens with one attached hydrogen (secondary N) is 1. The SMILES string of the molecule is COC(=O)/C=C/C(=O)O[C@H](C)OC(=O)NCCC(=O)O. The average Bonchev–Trinajstić information content (AvgIpc) is 2.35. The number of aliphatic carboxylic acids is 1. The summed E-state index contributed by atoms with van der Waals surface area (Å²) < 4.78 is 13.5. The zero-order valence-corrected chi connectivity index (χ0v) is 11.0. The minimum Gasteiger partial charge on any atom is -0.481 e. The van der Waals surface area contributed by atoms with E-state index in [4.69, 9.17) is 5.11 Å². The van der Waals surface area contributed by atoms with Gasteiger partial charge in [-0.15, -0.1) is 0 Å². The van der Waals surface area contributed by atoms with Gasteiger partial charge in [0, 0.05) is 25.6 Å². The number of hydrogen-bond donors (Lipinski definition) is 2. The Labute approximate surface area is 114 Å². The summed E-state index contributed by atoms with van der Waals surface area (Å²) in [4.78, 5) is 43.2. The monoisotopic (exact) mass is 289 g/mol. The van der Waals surface area contributed by atoms with Crippen LogP contribution in [-0.2, 0) is 28.6 Å². The van der Waals surface area contributed by atoms with Crippen molar-refractivity contribution in [1.29, 1.82) is 0 Å². The number of hydrogen-bond acceptors (Lipinski definition) is 7. The van der Waals surface area contributed by atoms with Crippen LogP contribution in [0.3, 0.4) is 0 Å². The number of amides is 1. The molecule has 0 aliphatic rings. The molecule has 0 aromatic heterocycles. The van der Waals surface area contributed by atoms with Crippen molar-refractivity contribution < 1.29 is 38.5 Å². The van der Waals surface area contributed by atoms with Crippen molar-refractivity contribution in [2.75, 3.05) is 13.7 Å². The molecule has 0 radical (unpaired) electrons. The number of methoxy groups -OCH3 is 1. The van der Waals surface area contributed by atoms with Crippen molar-refractivity contribution in [3.63, 3.8) is 0 Å². The fourth-order valence-corrected chi connectivity index (χ4v) is 0.895. The standard InChI is InChI=1S/C11H15NO8/c1-7(19-10(16)4-3-9(15)18-2)20-11(17)12-6-5-8(13)14/h3-4,7H,5-6H2,1-2H3,(H,12,17)(H,13,14)/b4-3+/t7-/m0/s1. The Morgan fingerprint density at radius 1 is 1.15 bits per heavy atom. The summed E-state index contributed by atoms with van der Waals surface area (Å²) in [5.41, 5.74) is 0. The average molecular weight is 289 g/mol. The lowest BCUT2D eigenvalue weighted by atomic mass is 10.4. The molecule has 9 heteroatoms. The van der Waals surface area contributed by atoms with Gasteiger partial charge in [0.15, 0.2) is 0 Å². The van der Waals surface area contributed by atoms with E-state index in [-0.39, 0.29) is 13.0 Å². The quantitative estimate of drug-likeness (QED) is 0.375. The Bertz CT molecular complexity index is 403. The molecule has 1 atom stereocenters. The first-order valence-electron chi connectivity index (χ1n) is 5.48. The van der Waals surface area contributed by atoms with Crippen LogP contribution in [0.5, 0.6) is 0 Å². The predicted molar refractivity (Wildman–Crippen MR) is 63.4 cm³/mol. The van der Waals surface area contributed by atoms with E-state index < -0.39 is 30.3 Å². The first-order valence-corrected chi connectivity index (χ1v) is 5.48. The first-order chi connectivity index (χ1) is 9.35. The molecule has 0 fully saturated rings. The summed E-state index contributed by atoms with van der Waals surface area (Å²) >= 11 is 0. The summed E-state index contributed by atoms with van der Waals surface area (Å²) in [6.07, 6.45) is -0.723. The molecule has 0 aromatic carbocycles. The molecule has 112 valence electrons. The third kappa shape index (κ3) is 9.45. The molecular weight excluding hydrogens is 274 g/mol. The Morgan fingerprint density at radius 3 is 2.30 bits per heavy atom. The van der Waals surface area contributed by atoms with Gasteiger partial charge in [-0.25, -0.2) is 14.4 Å². The second-order valence-electron chi connectivity index (χ2n) is 3.34. The molecule has 1 amide bonds. The van der Waals surface area contributed by atoms with E-state index >= 15 is 0 Å². The molecule has 0 bridgehead atoms. The van der Waals surface area contributed by atoms with Gasteiger partial charge in [0.2, 0.25) is 6.29 Å². The Balaban J connectivity index is 3.97. The number of alkyl carbamates (subject to hydrolysis) is 1. The predicted octanol–water partition coefficient (Wildman–Crippen LogP) is -0.194. The van der Waals surface area contributed by atoms with E-state index in [1.807, 2.05) is 0 Å². The van der Waals surface area contributed by atoms with Crippen LogP contribution < -0.4 is 5.32 Å². The van der Waals surface area contributed by atoms with Crippen molar-refractivity contribution in [2.24, 2.45) is 0 Å². The van der Waals surface area contributed by atoms with Crippen LogP contribution in [0.15, 0.2) is 12.2 Å². The van der Waals surface area contributed by atoms with E-state index in [0.29, 0.717) is 0 Å². The number of ether oxygens (including phenoxy) is 3. The van der Waals surface area contributed by atoms with Gasteiger partial charge in [-0.1, -0.05) is 0 Å². The minimum atomic E-state index is -1.20. The molecule has 0 saturated heterocycles. The van der Waals surface area contributed by atoms with E-state index in [1.54, 1.807) is 0 Å². The lowest BCUT2D eigenvalue weighted by Crippen LogP contribution is -2.31. The van der Waals surface area contributed by atoms with Crippen LogP contribution in [0.25, 0.3) is 0 Å². The maximum Gasteiger partial charge on any atom is 0.410 e. The van der Waals surface area contributed by atoms with Gasteiger partial charge in [-0.05, 0) is 0 Å². The first kappa shape index (κ1) is 17.4. The van der Waals surface area contributed by atoms with E-state index in [1.165, 1.54) is 6.92 Å². The lowest BCUT2D eigenvalue weighted by Gasteiger charge is -2.13. The zero-order valence-electron chi connectivity index (χ0n) is 11.0. The highest BCUT2D eigenvalue weighted by atomic mass is 16.7. The van der Waals surface area contributed by atoms with Crippen molar-refractivity contribution in [2.45, 2.75) is 19.6 Å². The van der Waals surface area contributed by atoms with Crippen molar-refractivity contribution >= 4 is 24.0 Å². The summed E-state index contributed by atoms with van der Waals surface area (Å²) in [7, 11) is 1.14. The third-order valence-electron chi connectivity index (χ3n) is 1.72. The largest absolute Gasteiger partial charge is 0.481 e. The van der Waals surface area contributed by atoms with Crippen LogP contribution >= 0.6 is 0 Å². The van der Waals surface area contributed by atoms with Crippen LogP contribution in [0, 0.1) is 0 Å². The molecule has 2 N–H and O–H groups in total. The topological polar surface area (TPSA) is 128 Å². The maximum atomic E-state index is 11.2. The molecule has 0 saturated carbocycles. The molecule has 20 heavy (non-hydrogen) atoms. The van der Waals surface area contributed by atoms with E-state index in [2.05, 4.69) is 19.5 Å². The fraction of sp³-hybridized carbons (Fsp3) is 0.455. The molecule has 0 aliphatic heterocycles. The fourth-order valence-electron chi connectivity index (χ4n) is 0.895. The van der Waals surface area contributed by atoms with Gasteiger partial charge in [-0.3, -0.25) is 4.79 Å². The van der Waals surface area contributed by atoms with Crippen LogP contribution in [-0.4, -0.2) is 49.1 Å². The van der Waals surface area contributed by atoms with E-state index in [9.17, 15) is 19.2 Å². The molecule has 9 nitrogen and oxygen atoms in total. The molecule has 0 unspecified atom stereocenters. The highest BCUT2D eigenvalue weighted by Gasteiger charge is 2.12. The Morgan fingerprint density at radius 2 is 1.75 bits per heavy atom. The van der Waals surface area contributed by atoms with Crippen LogP contribution in [0.2, 0.25) is 0 Å². The number of esters is 2. The normalized spacial score (nSPS) is 11.5. The second-order valence-corrected chi connectivity index (χ2v) is 3.34. The number of rotatable bonds is 7. The zero-order chi connectivity index (χ0) is 15.5. The highest BCUT2D eigenvalue weighted by molar-refractivity contribution is 5.91. The van der Waals surface area contributed by atoms with Crippen molar-refractivity contribution in [3.8, 4) is 0 Å². The molecule has 0 heterocycles. The minimum absolute atomic E-state index is 0.114. The van der Waals surface area contributed by atoms with Crippen LogP contribution in [0.4, 0.5) is 4.79 Å². The van der Waals surface area contributed by atoms with Gasteiger partial charge in [0.25, 0.3) is 0 Å². The van der Waals surface area contributed by atoms with Gasteiger partial charge >= 0.3 is 24.0 Å². The van der Waals surface area contributed by atoms with Gasteiger partial charge in [0.1, 0.15) is 0 Å². The van der Waals surface area contributed by atoms with Gasteiger partial charge in [-0.2, -0.15) is 0 Å². The van der Waals surface area contributed by atoms with Crippen molar-refractivity contribution in [1.82, 2.24) is 5.32 Å². The number of carbonyl (C=O) groups excluding carboxylic acids is 3. The molecular formula is C11H15NO8. The molecule has 0 aromatic rings. The Kier molecular flexibility index (Phi) is 8.16. The molecule has 0 aliphatic carbocycles. The third-order valence-corrected chi connectivity index (χ3v) is 1.72. The summed E-state index contributed by atoms with van der Waals surface area (Å²) in [5.74, 6) is -2.71. The van der Waals surface area contributed by atoms with E-state index in [0.717, 1.165) is 19.3 Å². The lowest BCUT2D eigenvalue weighted by molar-refractivity contribution is -0.158. The Hall–Kier alpha value is -2.58. The smallest absolute Gasteiger partial charge is 0.410 e. The van der Waals surface area contributed by atoms with Gasteiger partial charge in [0.05, 0.1) is 13.5 Å². The maximum absolute atomic E-state index is 11.2. The second kappa shape index (κ2) is 9.36. The number of carboxylic acid groups (broad SMARTS) is 1. The summed E-state index contributed by atoms with van der Waals surface area (Å²) in [6, 6.07) is 0. The number of carbonyl (C=O) groups is 4. The molecule has 0 spiro atoms. The number of carboxylic acids is 1. The molecule has 0 rings (SSSR count). The summed E-state index contributed by atoms with van der Waals surface area (Å²) in [5, 5.41) is 10.5. The van der Waals surface area contributed by atoms with Crippen LogP contribution in [0.1, 0.15) is 13.3 Å². The highest BCUT2D eigenvalue weighted by Crippen LogP contribution is 1.96. The van der Waals surface area contributed by atoms with Gasteiger partial charge < -0.3 is 24.6 Å².